The molecule has 0 bridgehead atoms. The molecule has 0 atom stereocenters. The molecule has 0 spiro atoms. The van der Waals surface area contributed by atoms with Gasteiger partial charge in [0.25, 0.3) is 5.91 Å². The summed E-state index contributed by atoms with van der Waals surface area (Å²) in [6.07, 6.45) is 3.02. The van der Waals surface area contributed by atoms with Crippen LogP contribution in [0.5, 0.6) is 0 Å². The van der Waals surface area contributed by atoms with Crippen LogP contribution in [0, 0.1) is 5.82 Å². The molecule has 0 aliphatic rings. The fraction of sp³-hybridized carbons (Fsp3) is 0.0455. The lowest BCUT2D eigenvalue weighted by Gasteiger charge is -2.13. The molecule has 2 heterocycles. The van der Waals surface area contributed by atoms with Crippen LogP contribution in [-0.2, 0) is 6.54 Å². The molecule has 1 N–H and O–H groups in total. The second kappa shape index (κ2) is 7.44. The lowest BCUT2D eigenvalue weighted by molar-refractivity contribution is 0.0949. The Bertz CT molecular complexity index is 1200. The van der Waals surface area contributed by atoms with Gasteiger partial charge in [0.15, 0.2) is 0 Å². The Balaban J connectivity index is 1.78. The zero-order chi connectivity index (χ0) is 19.5. The fourth-order valence-corrected chi connectivity index (χ4v) is 2.99. The molecule has 2 aromatic heterocycles. The van der Waals surface area contributed by atoms with Crippen molar-refractivity contribution in [2.75, 3.05) is 0 Å². The van der Waals surface area contributed by atoms with Crippen molar-refractivity contribution in [1.29, 1.82) is 0 Å². The van der Waals surface area contributed by atoms with Gasteiger partial charge in [-0.2, -0.15) is 0 Å². The van der Waals surface area contributed by atoms with Gasteiger partial charge in [-0.3, -0.25) is 9.59 Å². The number of benzene rings is 2. The zero-order valence-electron chi connectivity index (χ0n) is 14.8. The van der Waals surface area contributed by atoms with Crippen molar-refractivity contribution in [1.82, 2.24) is 14.9 Å². The molecule has 0 aliphatic heterocycles. The number of pyridine rings is 2. The van der Waals surface area contributed by atoms with E-state index in [1.807, 2.05) is 30.3 Å². The molecule has 0 saturated heterocycles. The van der Waals surface area contributed by atoms with Crippen LogP contribution in [0.2, 0.25) is 0 Å². The average molecular weight is 373 g/mol. The number of fused-ring (bicyclic) bond motifs is 1. The Labute approximate surface area is 160 Å². The van der Waals surface area contributed by atoms with Crippen LogP contribution in [0.15, 0.2) is 83.9 Å². The van der Waals surface area contributed by atoms with E-state index in [0.717, 1.165) is 5.56 Å². The third-order valence-corrected chi connectivity index (χ3v) is 4.41. The van der Waals surface area contributed by atoms with Crippen molar-refractivity contribution < 1.29 is 9.18 Å². The van der Waals surface area contributed by atoms with Gasteiger partial charge in [-0.25, -0.2) is 9.37 Å². The monoisotopic (exact) mass is 373 g/mol. The van der Waals surface area contributed by atoms with Crippen LogP contribution in [0.25, 0.3) is 16.7 Å². The van der Waals surface area contributed by atoms with Crippen molar-refractivity contribution in [2.24, 2.45) is 0 Å². The molecule has 1 amide bonds. The van der Waals surface area contributed by atoms with Crippen LogP contribution >= 0.6 is 0 Å². The van der Waals surface area contributed by atoms with E-state index in [1.54, 1.807) is 35.0 Å². The minimum atomic E-state index is -0.476. The number of hydrogen-bond donors (Lipinski definition) is 1. The van der Waals surface area contributed by atoms with Gasteiger partial charge in [-0.05, 0) is 42.0 Å². The summed E-state index contributed by atoms with van der Waals surface area (Å²) >= 11 is 0. The summed E-state index contributed by atoms with van der Waals surface area (Å²) in [4.78, 5) is 29.8. The number of nitrogens with one attached hydrogen (secondary N) is 1. The van der Waals surface area contributed by atoms with E-state index in [-0.39, 0.29) is 11.4 Å². The fourth-order valence-electron chi connectivity index (χ4n) is 2.99. The van der Waals surface area contributed by atoms with E-state index in [1.165, 1.54) is 18.3 Å². The maximum absolute atomic E-state index is 13.3. The smallest absolute Gasteiger partial charge is 0.257 e. The summed E-state index contributed by atoms with van der Waals surface area (Å²) < 4.78 is 14.9. The van der Waals surface area contributed by atoms with E-state index in [9.17, 15) is 14.0 Å². The quantitative estimate of drug-likeness (QED) is 0.596. The molecule has 0 unspecified atom stereocenters. The third-order valence-electron chi connectivity index (χ3n) is 4.41. The maximum atomic E-state index is 13.3. The van der Waals surface area contributed by atoms with E-state index in [2.05, 4.69) is 10.3 Å². The highest BCUT2D eigenvalue weighted by Crippen LogP contribution is 2.16. The molecule has 2 aromatic carbocycles. The number of halogens is 1. The van der Waals surface area contributed by atoms with Crippen LogP contribution in [0.1, 0.15) is 15.9 Å². The van der Waals surface area contributed by atoms with E-state index >= 15 is 0 Å². The molecular weight excluding hydrogens is 357 g/mol. The molecule has 4 aromatic rings. The first-order valence-electron chi connectivity index (χ1n) is 8.72. The average Bonchev–Trinajstić information content (AvgIpc) is 2.74. The van der Waals surface area contributed by atoms with Crippen LogP contribution in [0.3, 0.4) is 0 Å². The first kappa shape index (κ1) is 17.6. The number of carbonyl (C=O) groups is 1. The van der Waals surface area contributed by atoms with Crippen molar-refractivity contribution in [3.8, 4) is 5.69 Å². The lowest BCUT2D eigenvalue weighted by Crippen LogP contribution is -2.29. The SMILES string of the molecule is O=C(NCc1ccccc1)c1cn(-c2ccc(F)cc2)c2ncccc2c1=O. The molecule has 138 valence electrons. The maximum Gasteiger partial charge on any atom is 0.257 e. The predicted octanol–water partition coefficient (Wildman–Crippen LogP) is 3.45. The summed E-state index contributed by atoms with van der Waals surface area (Å²) in [6, 6.07) is 18.5. The third kappa shape index (κ3) is 3.40. The van der Waals surface area contributed by atoms with Crippen molar-refractivity contribution in [3.63, 3.8) is 0 Å². The number of hydrogen-bond acceptors (Lipinski definition) is 3. The van der Waals surface area contributed by atoms with E-state index in [0.29, 0.717) is 23.3 Å². The minimum Gasteiger partial charge on any atom is -0.348 e. The summed E-state index contributed by atoms with van der Waals surface area (Å²) in [5.74, 6) is -0.849. The van der Waals surface area contributed by atoms with Crippen LogP contribution in [-0.4, -0.2) is 15.5 Å². The number of carbonyl (C=O) groups excluding carboxylic acids is 1. The Morgan fingerprint density at radius 2 is 1.75 bits per heavy atom. The van der Waals surface area contributed by atoms with Crippen molar-refractivity contribution >= 4 is 16.9 Å². The summed E-state index contributed by atoms with van der Waals surface area (Å²) in [5.41, 5.74) is 1.53. The predicted molar refractivity (Wildman–Crippen MR) is 105 cm³/mol. The molecule has 0 aliphatic carbocycles. The van der Waals surface area contributed by atoms with Gasteiger partial charge in [-0.15, -0.1) is 0 Å². The van der Waals surface area contributed by atoms with E-state index in [4.69, 9.17) is 0 Å². The molecule has 28 heavy (non-hydrogen) atoms. The Kier molecular flexibility index (Phi) is 4.68. The second-order valence-electron chi connectivity index (χ2n) is 6.26. The van der Waals surface area contributed by atoms with Gasteiger partial charge in [0.1, 0.15) is 17.0 Å². The Morgan fingerprint density at radius 1 is 1.00 bits per heavy atom. The normalized spacial score (nSPS) is 10.8. The van der Waals surface area contributed by atoms with Crippen molar-refractivity contribution in [3.05, 3.63) is 106 Å². The molecule has 5 nitrogen and oxygen atoms in total. The number of amides is 1. The molecule has 0 radical (unpaired) electrons. The molecule has 0 saturated carbocycles. The van der Waals surface area contributed by atoms with Gasteiger partial charge >= 0.3 is 0 Å². The number of nitrogens with zero attached hydrogens (tertiary/aromatic N) is 2. The second-order valence-corrected chi connectivity index (χ2v) is 6.26. The summed E-state index contributed by atoms with van der Waals surface area (Å²) in [6.45, 7) is 0.306. The first-order chi connectivity index (χ1) is 13.6. The van der Waals surface area contributed by atoms with Gasteiger partial charge in [-0.1, -0.05) is 30.3 Å². The molecule has 0 fully saturated rings. The van der Waals surface area contributed by atoms with Crippen molar-refractivity contribution in [2.45, 2.75) is 6.54 Å². The summed E-state index contributed by atoms with van der Waals surface area (Å²) in [5, 5.41) is 3.09. The van der Waals surface area contributed by atoms with Gasteiger partial charge in [0.2, 0.25) is 5.43 Å². The topological polar surface area (TPSA) is 64.0 Å². The lowest BCUT2D eigenvalue weighted by atomic mass is 10.1. The highest BCUT2D eigenvalue weighted by Gasteiger charge is 2.16. The van der Waals surface area contributed by atoms with E-state index < -0.39 is 11.3 Å². The molecule has 6 heteroatoms. The standard InChI is InChI=1S/C22H16FN3O2/c23-16-8-10-17(11-9-16)26-14-19(20(27)18-7-4-12-24-21(18)26)22(28)25-13-15-5-2-1-3-6-15/h1-12,14H,13H2,(H,25,28). The molecular formula is C22H16FN3O2. The highest BCUT2D eigenvalue weighted by molar-refractivity contribution is 5.97. The van der Waals surface area contributed by atoms with Crippen LogP contribution in [0.4, 0.5) is 4.39 Å². The zero-order valence-corrected chi connectivity index (χ0v) is 14.8. The number of aromatic nitrogens is 2. The Hall–Kier alpha value is -3.80. The Morgan fingerprint density at radius 3 is 2.50 bits per heavy atom. The molecule has 4 rings (SSSR count). The largest absolute Gasteiger partial charge is 0.348 e. The first-order valence-corrected chi connectivity index (χ1v) is 8.72. The van der Waals surface area contributed by atoms with Gasteiger partial charge in [0, 0.05) is 24.6 Å². The van der Waals surface area contributed by atoms with Crippen LogP contribution < -0.4 is 10.7 Å². The minimum absolute atomic E-state index is 0.000700. The number of rotatable bonds is 4. The van der Waals surface area contributed by atoms with Gasteiger partial charge < -0.3 is 9.88 Å². The highest BCUT2D eigenvalue weighted by atomic mass is 19.1. The summed E-state index contributed by atoms with van der Waals surface area (Å²) in [7, 11) is 0. The van der Waals surface area contributed by atoms with Gasteiger partial charge in [0.05, 0.1) is 5.39 Å².